The number of fused-ring (bicyclic) bond motifs is 1. The number of nitrogens with zero attached hydrogens (tertiary/aromatic N) is 8. The Morgan fingerprint density at radius 2 is 1.80 bits per heavy atom. The van der Waals surface area contributed by atoms with E-state index in [1.807, 2.05) is 12.3 Å². The molecule has 18 nitrogen and oxygen atoms in total. The second-order valence-corrected chi connectivity index (χ2v) is 14.8. The molecule has 5 rings (SSSR count). The van der Waals surface area contributed by atoms with Crippen LogP contribution in [0.15, 0.2) is 36.7 Å². The van der Waals surface area contributed by atoms with Crippen molar-refractivity contribution in [2.24, 2.45) is 5.73 Å². The van der Waals surface area contributed by atoms with E-state index in [-0.39, 0.29) is 24.7 Å². The smallest absolute Gasteiger partial charge is 0.321 e. The van der Waals surface area contributed by atoms with Crippen LogP contribution in [0.3, 0.4) is 0 Å². The molecule has 0 bridgehead atoms. The normalized spacial score (nSPS) is 14.8. The van der Waals surface area contributed by atoms with Gasteiger partial charge in [0.25, 0.3) is 0 Å². The summed E-state index contributed by atoms with van der Waals surface area (Å²) in [5.41, 5.74) is 16.0. The lowest BCUT2D eigenvalue weighted by Gasteiger charge is -2.34. The van der Waals surface area contributed by atoms with Crippen molar-refractivity contribution in [1.82, 2.24) is 44.6 Å². The maximum Gasteiger partial charge on any atom is 0.321 e. The molecule has 1 amide bonds. The summed E-state index contributed by atoms with van der Waals surface area (Å²) in [5, 5.41) is 31.6. The average Bonchev–Trinajstić information content (AvgIpc) is 3.80. The van der Waals surface area contributed by atoms with Crippen molar-refractivity contribution in [2.75, 3.05) is 63.2 Å². The first kappa shape index (κ1) is 41.2. The van der Waals surface area contributed by atoms with Crippen molar-refractivity contribution in [3.05, 3.63) is 53.5 Å². The number of methoxy groups -OCH3 is 1. The number of piperazine rings is 1. The fraction of sp³-hybridized carbons (Fsp3) is 0.528. The molecule has 1 aromatic carbocycles. The first-order valence-corrected chi connectivity index (χ1v) is 19.5. The number of benzene rings is 1. The Kier molecular flexibility index (Phi) is 15.0. The molecule has 19 heteroatoms. The van der Waals surface area contributed by atoms with Crippen LogP contribution in [0.1, 0.15) is 49.4 Å². The summed E-state index contributed by atoms with van der Waals surface area (Å²) in [4.78, 5) is 48.6. The SMILES string of the molecule is CCCCCNc1nc(N)nc2ccn(Cc3ccc(CN4CCN(CCn5cc(CNC(=O)CC(SCC(N)C(=O)O)C(=O)O)nn5)CC4)cc3OC)c12. The Hall–Kier alpha value is -4.98. The molecule has 8 N–H and O–H groups in total. The molecule has 0 radical (unpaired) electrons. The number of hydrogen-bond donors (Lipinski definition) is 6. The van der Waals surface area contributed by atoms with Gasteiger partial charge in [0.1, 0.15) is 28.3 Å². The summed E-state index contributed by atoms with van der Waals surface area (Å²) in [6.07, 6.45) is 6.80. The molecular formula is C36H52N12O6S. The van der Waals surface area contributed by atoms with E-state index in [0.717, 1.165) is 105 Å². The highest BCUT2D eigenvalue weighted by Crippen LogP contribution is 2.28. The van der Waals surface area contributed by atoms with Crippen LogP contribution in [-0.2, 0) is 40.6 Å². The number of hydrogen-bond acceptors (Lipinski definition) is 14. The van der Waals surface area contributed by atoms with Crippen molar-refractivity contribution in [1.29, 1.82) is 0 Å². The molecule has 3 aromatic heterocycles. The first-order valence-electron chi connectivity index (χ1n) is 18.5. The third-order valence-electron chi connectivity index (χ3n) is 9.40. The van der Waals surface area contributed by atoms with Crippen molar-refractivity contribution < 1.29 is 29.3 Å². The highest BCUT2D eigenvalue weighted by Gasteiger charge is 2.25. The van der Waals surface area contributed by atoms with Gasteiger partial charge in [-0.3, -0.25) is 28.9 Å². The fourth-order valence-electron chi connectivity index (χ4n) is 6.30. The number of carbonyl (C=O) groups excluding carboxylic acids is 1. The Morgan fingerprint density at radius 3 is 2.53 bits per heavy atom. The van der Waals surface area contributed by atoms with E-state index in [0.29, 0.717) is 18.8 Å². The van der Waals surface area contributed by atoms with Gasteiger partial charge in [0.2, 0.25) is 11.9 Å². The van der Waals surface area contributed by atoms with Crippen LogP contribution in [-0.4, -0.2) is 131 Å². The zero-order chi connectivity index (χ0) is 39.3. The van der Waals surface area contributed by atoms with E-state index < -0.39 is 29.1 Å². The predicted octanol–water partition coefficient (Wildman–Crippen LogP) is 1.69. The van der Waals surface area contributed by atoms with Crippen LogP contribution in [0.2, 0.25) is 0 Å². The molecule has 1 fully saturated rings. The van der Waals surface area contributed by atoms with Crippen LogP contribution in [0, 0.1) is 0 Å². The van der Waals surface area contributed by atoms with Gasteiger partial charge >= 0.3 is 11.9 Å². The Labute approximate surface area is 324 Å². The molecule has 1 saturated heterocycles. The Bertz CT molecular complexity index is 1900. The topological polar surface area (TPSA) is 245 Å². The van der Waals surface area contributed by atoms with E-state index in [9.17, 15) is 19.5 Å². The standard InChI is InChI=1S/C36H52N12O6S/c1-3-4-5-9-39-33-32-28(41-36(38)42-33)8-10-47(32)21-25-7-6-24(17-29(25)54-2)20-46-13-11-45(12-14-46)15-16-48-22-26(43-44-48)19-40-31(49)18-30(35(52)53)55-23-27(37)34(50)51/h6-8,10,17,22,27,30H,3-5,9,11-16,18-21,23,37H2,1-2H3,(H,40,49)(H,50,51)(H,52,53)(H3,38,39,41,42). The lowest BCUT2D eigenvalue weighted by molar-refractivity contribution is -0.139. The molecule has 4 heterocycles. The fourth-order valence-corrected chi connectivity index (χ4v) is 7.30. The number of nitrogens with one attached hydrogen (secondary N) is 2. The second kappa shape index (κ2) is 20.1. The number of aliphatic carboxylic acids is 2. The van der Waals surface area contributed by atoms with Crippen molar-refractivity contribution in [3.8, 4) is 5.75 Å². The van der Waals surface area contributed by atoms with Crippen LogP contribution in [0.5, 0.6) is 5.75 Å². The summed E-state index contributed by atoms with van der Waals surface area (Å²) in [6, 6.07) is 7.18. The number of aromatic nitrogens is 6. The molecular weight excluding hydrogens is 729 g/mol. The number of unbranched alkanes of at least 4 members (excludes halogenated alkanes) is 2. The van der Waals surface area contributed by atoms with Gasteiger partial charge in [-0.15, -0.1) is 16.9 Å². The summed E-state index contributed by atoms with van der Waals surface area (Å²) in [6.45, 7) is 9.61. The minimum absolute atomic E-state index is 0.0975. The van der Waals surface area contributed by atoms with Gasteiger partial charge in [-0.25, -0.2) is 4.98 Å². The minimum atomic E-state index is -1.23. The largest absolute Gasteiger partial charge is 0.496 e. The number of nitrogen functional groups attached to an aromatic ring is 1. The quantitative estimate of drug-likeness (QED) is 0.0622. The number of anilines is 2. The van der Waals surface area contributed by atoms with Gasteiger partial charge in [0.15, 0.2) is 5.82 Å². The maximum absolute atomic E-state index is 12.4. The molecule has 55 heavy (non-hydrogen) atoms. The predicted molar refractivity (Wildman–Crippen MR) is 210 cm³/mol. The molecule has 0 spiro atoms. The van der Waals surface area contributed by atoms with Gasteiger partial charge in [0.05, 0.1) is 38.5 Å². The van der Waals surface area contributed by atoms with Gasteiger partial charge < -0.3 is 41.6 Å². The van der Waals surface area contributed by atoms with Crippen LogP contribution < -0.4 is 26.8 Å². The minimum Gasteiger partial charge on any atom is -0.496 e. The van der Waals surface area contributed by atoms with Gasteiger partial charge in [-0.05, 0) is 24.1 Å². The number of thioether (sulfide) groups is 1. The summed E-state index contributed by atoms with van der Waals surface area (Å²) >= 11 is 0.827. The lowest BCUT2D eigenvalue weighted by atomic mass is 10.1. The molecule has 0 aliphatic carbocycles. The van der Waals surface area contributed by atoms with Gasteiger partial charge in [-0.1, -0.05) is 37.1 Å². The van der Waals surface area contributed by atoms with Crippen LogP contribution >= 0.6 is 11.8 Å². The molecule has 4 aromatic rings. The average molecular weight is 781 g/mol. The van der Waals surface area contributed by atoms with E-state index >= 15 is 0 Å². The van der Waals surface area contributed by atoms with E-state index in [1.54, 1.807) is 18.0 Å². The molecule has 1 aliphatic heterocycles. The number of carbonyl (C=O) groups is 3. The zero-order valence-corrected chi connectivity index (χ0v) is 32.2. The van der Waals surface area contributed by atoms with E-state index in [4.69, 9.17) is 21.3 Å². The summed E-state index contributed by atoms with van der Waals surface area (Å²) in [7, 11) is 1.70. The molecule has 2 unspecified atom stereocenters. The maximum atomic E-state index is 12.4. The highest BCUT2D eigenvalue weighted by atomic mass is 32.2. The zero-order valence-electron chi connectivity index (χ0n) is 31.4. The summed E-state index contributed by atoms with van der Waals surface area (Å²) in [5.74, 6) is -1.21. The third-order valence-corrected chi connectivity index (χ3v) is 10.7. The Balaban J connectivity index is 1.06. The van der Waals surface area contributed by atoms with Crippen molar-refractivity contribution in [3.63, 3.8) is 0 Å². The van der Waals surface area contributed by atoms with Gasteiger partial charge in [0, 0.05) is 69.7 Å². The lowest BCUT2D eigenvalue weighted by Crippen LogP contribution is -2.46. The first-order chi connectivity index (χ1) is 26.5. The number of carboxylic acids is 2. The van der Waals surface area contributed by atoms with E-state index in [2.05, 4.69) is 70.4 Å². The second-order valence-electron chi connectivity index (χ2n) is 13.6. The highest BCUT2D eigenvalue weighted by molar-refractivity contribution is 8.00. The Morgan fingerprint density at radius 1 is 1.02 bits per heavy atom. The molecule has 2 atom stereocenters. The van der Waals surface area contributed by atoms with Crippen molar-refractivity contribution >= 4 is 52.4 Å². The number of amides is 1. The third kappa shape index (κ3) is 12.0. The number of nitrogens with two attached hydrogens (primary N) is 2. The molecule has 298 valence electrons. The van der Waals surface area contributed by atoms with Crippen LogP contribution in [0.25, 0.3) is 11.0 Å². The summed E-state index contributed by atoms with van der Waals surface area (Å²) < 4.78 is 9.73. The molecule has 1 aliphatic rings. The number of rotatable bonds is 22. The molecule has 0 saturated carbocycles. The number of ether oxygens (including phenoxy) is 1. The van der Waals surface area contributed by atoms with Gasteiger partial charge in [-0.2, -0.15) is 4.98 Å². The monoisotopic (exact) mass is 780 g/mol. The van der Waals surface area contributed by atoms with Crippen LogP contribution in [0.4, 0.5) is 11.8 Å². The van der Waals surface area contributed by atoms with E-state index in [1.165, 1.54) is 5.56 Å². The van der Waals surface area contributed by atoms with Crippen molar-refractivity contribution in [2.45, 2.75) is 70.1 Å². The number of carboxylic acid groups (broad SMARTS) is 2.